The molecule has 4 heteroatoms. The zero-order valence-electron chi connectivity index (χ0n) is 6.04. The lowest BCUT2D eigenvalue weighted by Gasteiger charge is -2.01. The minimum Gasteiger partial charge on any atom is -0.550 e. The Morgan fingerprint density at radius 2 is 2.18 bits per heavy atom. The summed E-state index contributed by atoms with van der Waals surface area (Å²) in [4.78, 5) is 20.2. The summed E-state index contributed by atoms with van der Waals surface area (Å²) < 4.78 is 4.49. The van der Waals surface area contributed by atoms with Crippen molar-refractivity contribution in [2.75, 3.05) is 6.61 Å². The molecule has 0 rings (SSSR count). The molecule has 0 radical (unpaired) electrons. The number of carbonyl (C=O) groups excluding carboxylic acids is 2. The van der Waals surface area contributed by atoms with Crippen LogP contribution in [-0.2, 0) is 14.3 Å². The van der Waals surface area contributed by atoms with Gasteiger partial charge in [-0.15, -0.1) is 0 Å². The van der Waals surface area contributed by atoms with E-state index in [1.54, 1.807) is 0 Å². The Kier molecular flexibility index (Phi) is 4.81. The van der Waals surface area contributed by atoms with E-state index in [2.05, 4.69) is 11.3 Å². The molecule has 0 aromatic heterocycles. The summed E-state index contributed by atoms with van der Waals surface area (Å²) >= 11 is 0. The van der Waals surface area contributed by atoms with Gasteiger partial charge in [-0.25, -0.2) is 4.79 Å². The van der Waals surface area contributed by atoms with Gasteiger partial charge in [0.15, 0.2) is 0 Å². The molecule has 62 valence electrons. The second-order valence-electron chi connectivity index (χ2n) is 1.85. The number of carboxylic acids is 1. The van der Waals surface area contributed by atoms with Gasteiger partial charge < -0.3 is 14.6 Å². The molecular formula is C7H9O4-. The van der Waals surface area contributed by atoms with Gasteiger partial charge in [0.2, 0.25) is 0 Å². The minimum absolute atomic E-state index is 0.0928. The van der Waals surface area contributed by atoms with Crippen molar-refractivity contribution in [2.45, 2.75) is 12.8 Å². The van der Waals surface area contributed by atoms with Crippen molar-refractivity contribution in [1.29, 1.82) is 0 Å². The van der Waals surface area contributed by atoms with E-state index in [9.17, 15) is 14.7 Å². The monoisotopic (exact) mass is 157 g/mol. The molecule has 0 N–H and O–H groups in total. The molecule has 0 unspecified atom stereocenters. The zero-order valence-corrected chi connectivity index (χ0v) is 6.04. The van der Waals surface area contributed by atoms with E-state index >= 15 is 0 Å². The molecule has 0 saturated heterocycles. The molecule has 0 aliphatic carbocycles. The number of aliphatic carboxylic acids is 1. The van der Waals surface area contributed by atoms with E-state index in [4.69, 9.17) is 0 Å². The molecular weight excluding hydrogens is 148 g/mol. The first-order valence-corrected chi connectivity index (χ1v) is 3.16. The van der Waals surface area contributed by atoms with Gasteiger partial charge in [-0.1, -0.05) is 6.58 Å². The van der Waals surface area contributed by atoms with Crippen LogP contribution in [0.4, 0.5) is 0 Å². The van der Waals surface area contributed by atoms with Crippen LogP contribution in [0.3, 0.4) is 0 Å². The van der Waals surface area contributed by atoms with Crippen LogP contribution in [0.5, 0.6) is 0 Å². The summed E-state index contributed by atoms with van der Waals surface area (Å²) in [5.41, 5.74) is 0. The van der Waals surface area contributed by atoms with Crippen LogP contribution in [0.25, 0.3) is 0 Å². The number of carboxylic acid groups (broad SMARTS) is 1. The van der Waals surface area contributed by atoms with Gasteiger partial charge >= 0.3 is 5.97 Å². The highest BCUT2D eigenvalue weighted by Gasteiger charge is 1.94. The number of rotatable bonds is 5. The Bertz CT molecular complexity index is 162. The van der Waals surface area contributed by atoms with Gasteiger partial charge in [-0.05, 0) is 12.8 Å². The average Bonchev–Trinajstić information content (AvgIpc) is 1.97. The molecule has 0 aliphatic rings. The molecule has 4 nitrogen and oxygen atoms in total. The molecule has 0 aromatic rings. The predicted octanol–water partition coefficient (Wildman–Crippen LogP) is -0.754. The molecule has 0 aliphatic heterocycles. The summed E-state index contributed by atoms with van der Waals surface area (Å²) in [6, 6.07) is 0. The Labute approximate surface area is 64.5 Å². The molecule has 0 spiro atoms. The second-order valence-corrected chi connectivity index (χ2v) is 1.85. The third kappa shape index (κ3) is 6.57. The van der Waals surface area contributed by atoms with Crippen molar-refractivity contribution in [1.82, 2.24) is 0 Å². The largest absolute Gasteiger partial charge is 0.550 e. The Hall–Kier alpha value is -1.32. The summed E-state index contributed by atoms with van der Waals surface area (Å²) in [6.45, 7) is 3.27. The Morgan fingerprint density at radius 3 is 2.64 bits per heavy atom. The van der Waals surface area contributed by atoms with Crippen LogP contribution in [0.2, 0.25) is 0 Å². The predicted molar refractivity (Wildman–Crippen MR) is 35.4 cm³/mol. The number of hydrogen-bond acceptors (Lipinski definition) is 4. The fourth-order valence-corrected chi connectivity index (χ4v) is 0.448. The standard InChI is InChI=1S/C7H10O4/c1-2-7(10)11-5-3-4-6(8)9/h2H,1,3-5H2,(H,8,9)/p-1. The van der Waals surface area contributed by atoms with E-state index in [0.717, 1.165) is 6.08 Å². The van der Waals surface area contributed by atoms with Crippen LogP contribution >= 0.6 is 0 Å². The third-order valence-electron chi connectivity index (χ3n) is 0.936. The fourth-order valence-electron chi connectivity index (χ4n) is 0.448. The molecule has 0 fully saturated rings. The molecule has 0 aromatic carbocycles. The first kappa shape index (κ1) is 9.68. The highest BCUT2D eigenvalue weighted by Crippen LogP contribution is 1.89. The molecule has 11 heavy (non-hydrogen) atoms. The van der Waals surface area contributed by atoms with Crippen LogP contribution in [0.15, 0.2) is 12.7 Å². The fraction of sp³-hybridized carbons (Fsp3) is 0.429. The molecule has 0 amide bonds. The lowest BCUT2D eigenvalue weighted by molar-refractivity contribution is -0.305. The van der Waals surface area contributed by atoms with Gasteiger partial charge in [-0.2, -0.15) is 0 Å². The highest BCUT2D eigenvalue weighted by molar-refractivity contribution is 5.81. The van der Waals surface area contributed by atoms with Gasteiger partial charge in [0, 0.05) is 12.0 Å². The maximum atomic E-state index is 10.4. The Morgan fingerprint density at radius 1 is 1.55 bits per heavy atom. The van der Waals surface area contributed by atoms with Gasteiger partial charge in [0.05, 0.1) is 6.61 Å². The molecule has 0 bridgehead atoms. The SMILES string of the molecule is C=CC(=O)OCCCC(=O)[O-]. The molecule has 0 atom stereocenters. The van der Waals surface area contributed by atoms with E-state index in [0.29, 0.717) is 0 Å². The smallest absolute Gasteiger partial charge is 0.330 e. The highest BCUT2D eigenvalue weighted by atomic mass is 16.5. The lowest BCUT2D eigenvalue weighted by atomic mass is 10.3. The van der Waals surface area contributed by atoms with Crippen LogP contribution in [0.1, 0.15) is 12.8 Å². The second kappa shape index (κ2) is 5.46. The van der Waals surface area contributed by atoms with Crippen molar-refractivity contribution in [3.05, 3.63) is 12.7 Å². The number of carbonyl (C=O) groups is 2. The Balaban J connectivity index is 3.21. The van der Waals surface area contributed by atoms with Crippen LogP contribution in [-0.4, -0.2) is 18.5 Å². The first-order chi connectivity index (χ1) is 5.16. The van der Waals surface area contributed by atoms with Crippen molar-refractivity contribution in [3.8, 4) is 0 Å². The van der Waals surface area contributed by atoms with E-state index in [1.807, 2.05) is 0 Å². The lowest BCUT2D eigenvalue weighted by Crippen LogP contribution is -2.22. The van der Waals surface area contributed by atoms with Crippen molar-refractivity contribution in [3.63, 3.8) is 0 Å². The van der Waals surface area contributed by atoms with E-state index in [-0.39, 0.29) is 19.4 Å². The summed E-state index contributed by atoms with van der Waals surface area (Å²) in [5.74, 6) is -1.68. The van der Waals surface area contributed by atoms with E-state index in [1.165, 1.54) is 0 Å². The summed E-state index contributed by atoms with van der Waals surface area (Å²) in [5, 5.41) is 9.84. The van der Waals surface area contributed by atoms with E-state index < -0.39 is 11.9 Å². The maximum Gasteiger partial charge on any atom is 0.330 e. The quantitative estimate of drug-likeness (QED) is 0.299. The topological polar surface area (TPSA) is 66.4 Å². The minimum atomic E-state index is -1.14. The molecule has 0 saturated carbocycles. The van der Waals surface area contributed by atoms with Crippen LogP contribution in [0, 0.1) is 0 Å². The van der Waals surface area contributed by atoms with Crippen molar-refractivity contribution >= 4 is 11.9 Å². The van der Waals surface area contributed by atoms with Gasteiger partial charge in [-0.3, -0.25) is 0 Å². The summed E-state index contributed by atoms with van der Waals surface area (Å²) in [6.07, 6.45) is 1.21. The number of hydrogen-bond donors (Lipinski definition) is 0. The van der Waals surface area contributed by atoms with Gasteiger partial charge in [0.25, 0.3) is 0 Å². The van der Waals surface area contributed by atoms with Crippen LogP contribution < -0.4 is 5.11 Å². The number of esters is 1. The zero-order chi connectivity index (χ0) is 8.69. The van der Waals surface area contributed by atoms with Crippen molar-refractivity contribution in [2.24, 2.45) is 0 Å². The third-order valence-corrected chi connectivity index (χ3v) is 0.936. The maximum absolute atomic E-state index is 10.4. The average molecular weight is 157 g/mol. The summed E-state index contributed by atoms with van der Waals surface area (Å²) in [7, 11) is 0. The number of ether oxygens (including phenoxy) is 1. The molecule has 0 heterocycles. The van der Waals surface area contributed by atoms with Gasteiger partial charge in [0.1, 0.15) is 0 Å². The van der Waals surface area contributed by atoms with Crippen molar-refractivity contribution < 1.29 is 19.4 Å². The first-order valence-electron chi connectivity index (χ1n) is 3.16. The normalized spacial score (nSPS) is 8.73.